The normalized spacial score (nSPS) is 10.1. The Morgan fingerprint density at radius 1 is 1.04 bits per heavy atom. The highest BCUT2D eigenvalue weighted by Crippen LogP contribution is 2.31. The zero-order valence-electron chi connectivity index (χ0n) is 13.8. The summed E-state index contributed by atoms with van der Waals surface area (Å²) < 4.78 is 16.5. The van der Waals surface area contributed by atoms with Crippen LogP contribution in [0, 0.1) is 6.92 Å². The monoisotopic (exact) mass is 315 g/mol. The Morgan fingerprint density at radius 3 is 2.35 bits per heavy atom. The molecule has 0 saturated carbocycles. The summed E-state index contributed by atoms with van der Waals surface area (Å²) >= 11 is 0. The Bertz CT molecular complexity index is 697. The zero-order chi connectivity index (χ0) is 16.8. The minimum absolute atomic E-state index is 0.136. The van der Waals surface area contributed by atoms with E-state index in [1.807, 2.05) is 37.3 Å². The van der Waals surface area contributed by atoms with Crippen molar-refractivity contribution in [2.45, 2.75) is 20.5 Å². The zero-order valence-corrected chi connectivity index (χ0v) is 13.8. The molecule has 0 aromatic heterocycles. The smallest absolute Gasteiger partial charge is 0.221 e. The fraction of sp³-hybridized carbons (Fsp3) is 0.278. The molecule has 122 valence electrons. The van der Waals surface area contributed by atoms with E-state index in [1.165, 1.54) is 6.92 Å². The molecule has 0 radical (unpaired) electrons. The van der Waals surface area contributed by atoms with E-state index in [9.17, 15) is 4.79 Å². The minimum atomic E-state index is -0.136. The van der Waals surface area contributed by atoms with Crippen molar-refractivity contribution in [1.82, 2.24) is 0 Å². The Balaban J connectivity index is 2.20. The van der Waals surface area contributed by atoms with Gasteiger partial charge in [0.2, 0.25) is 5.91 Å². The van der Waals surface area contributed by atoms with E-state index in [0.29, 0.717) is 29.5 Å². The van der Waals surface area contributed by atoms with Gasteiger partial charge in [0.25, 0.3) is 0 Å². The molecule has 0 atom stereocenters. The van der Waals surface area contributed by atoms with Crippen LogP contribution in [0.5, 0.6) is 17.2 Å². The van der Waals surface area contributed by atoms with Crippen LogP contribution in [0.2, 0.25) is 0 Å². The van der Waals surface area contributed by atoms with Crippen LogP contribution in [0.4, 0.5) is 5.69 Å². The lowest BCUT2D eigenvalue weighted by Gasteiger charge is -2.15. The molecule has 0 aliphatic carbocycles. The number of anilines is 1. The molecule has 0 unspecified atom stereocenters. The third-order valence-corrected chi connectivity index (χ3v) is 3.42. The van der Waals surface area contributed by atoms with Crippen molar-refractivity contribution in [1.29, 1.82) is 0 Å². The molecule has 0 aliphatic rings. The summed E-state index contributed by atoms with van der Waals surface area (Å²) in [5.41, 5.74) is 2.68. The van der Waals surface area contributed by atoms with Crippen LogP contribution < -0.4 is 19.5 Å². The van der Waals surface area contributed by atoms with Crippen LogP contribution in [0.15, 0.2) is 36.4 Å². The van der Waals surface area contributed by atoms with Crippen molar-refractivity contribution in [2.24, 2.45) is 0 Å². The van der Waals surface area contributed by atoms with Gasteiger partial charge >= 0.3 is 0 Å². The molecule has 0 fully saturated rings. The number of carbonyl (C=O) groups excluding carboxylic acids is 1. The van der Waals surface area contributed by atoms with Crippen LogP contribution in [0.3, 0.4) is 0 Å². The van der Waals surface area contributed by atoms with Gasteiger partial charge in [0.1, 0.15) is 12.4 Å². The van der Waals surface area contributed by atoms with Crippen LogP contribution in [0.1, 0.15) is 18.1 Å². The number of amides is 1. The summed E-state index contributed by atoms with van der Waals surface area (Å²) in [5.74, 6) is 1.83. The Morgan fingerprint density at radius 2 is 1.70 bits per heavy atom. The van der Waals surface area contributed by atoms with Gasteiger partial charge in [-0.1, -0.05) is 12.1 Å². The topological polar surface area (TPSA) is 56.8 Å². The number of nitrogens with one attached hydrogen (secondary N) is 1. The maximum atomic E-state index is 11.3. The van der Waals surface area contributed by atoms with Crippen LogP contribution in [-0.2, 0) is 11.4 Å². The van der Waals surface area contributed by atoms with Gasteiger partial charge in [0.05, 0.1) is 19.9 Å². The third-order valence-electron chi connectivity index (χ3n) is 3.42. The molecule has 1 N–H and O–H groups in total. The summed E-state index contributed by atoms with van der Waals surface area (Å²) in [6.07, 6.45) is 0. The number of rotatable bonds is 6. The van der Waals surface area contributed by atoms with E-state index in [0.717, 1.165) is 11.1 Å². The van der Waals surface area contributed by atoms with E-state index in [2.05, 4.69) is 5.32 Å². The molecule has 0 spiro atoms. The van der Waals surface area contributed by atoms with Gasteiger partial charge in [-0.2, -0.15) is 0 Å². The summed E-state index contributed by atoms with van der Waals surface area (Å²) in [4.78, 5) is 11.3. The number of hydrogen-bond acceptors (Lipinski definition) is 4. The highest BCUT2D eigenvalue weighted by molar-refractivity contribution is 5.90. The molecule has 23 heavy (non-hydrogen) atoms. The average molecular weight is 315 g/mol. The van der Waals surface area contributed by atoms with Crippen molar-refractivity contribution in [3.8, 4) is 17.2 Å². The minimum Gasteiger partial charge on any atom is -0.493 e. The number of carbonyl (C=O) groups is 1. The molecule has 1 amide bonds. The molecule has 5 nitrogen and oxygen atoms in total. The summed E-state index contributed by atoms with van der Waals surface area (Å²) in [5, 5.41) is 2.76. The predicted molar refractivity (Wildman–Crippen MR) is 89.4 cm³/mol. The highest BCUT2D eigenvalue weighted by Gasteiger charge is 2.10. The maximum absolute atomic E-state index is 11.3. The number of benzene rings is 2. The number of para-hydroxylation sites is 2. The second-order valence-corrected chi connectivity index (χ2v) is 5.10. The van der Waals surface area contributed by atoms with Crippen LogP contribution in [0.25, 0.3) is 0 Å². The quantitative estimate of drug-likeness (QED) is 0.885. The lowest BCUT2D eigenvalue weighted by molar-refractivity contribution is -0.114. The van der Waals surface area contributed by atoms with Gasteiger partial charge < -0.3 is 19.5 Å². The standard InChI is InChI=1S/C18H21NO4/c1-12-9-17(21-3)18(22-4)10-14(12)11-23-16-8-6-5-7-15(16)19-13(2)20/h5-10H,11H2,1-4H3,(H,19,20). The molecular weight excluding hydrogens is 294 g/mol. The number of methoxy groups -OCH3 is 2. The fourth-order valence-electron chi connectivity index (χ4n) is 2.22. The van der Waals surface area contributed by atoms with E-state index >= 15 is 0 Å². The average Bonchev–Trinajstić information content (AvgIpc) is 2.54. The van der Waals surface area contributed by atoms with Crippen molar-refractivity contribution < 1.29 is 19.0 Å². The van der Waals surface area contributed by atoms with Gasteiger partial charge in [-0.25, -0.2) is 0 Å². The third kappa shape index (κ3) is 4.16. The Kier molecular flexibility index (Phi) is 5.46. The lowest BCUT2D eigenvalue weighted by Crippen LogP contribution is -2.08. The predicted octanol–water partition coefficient (Wildman–Crippen LogP) is 3.55. The van der Waals surface area contributed by atoms with Gasteiger partial charge in [0.15, 0.2) is 11.5 Å². The largest absolute Gasteiger partial charge is 0.493 e. The molecule has 2 aromatic carbocycles. The van der Waals surface area contributed by atoms with Crippen molar-refractivity contribution in [3.05, 3.63) is 47.5 Å². The summed E-state index contributed by atoms with van der Waals surface area (Å²) in [6, 6.07) is 11.1. The molecule has 0 bridgehead atoms. The van der Waals surface area contributed by atoms with E-state index < -0.39 is 0 Å². The number of ether oxygens (including phenoxy) is 3. The molecule has 5 heteroatoms. The molecule has 2 rings (SSSR count). The molecule has 0 saturated heterocycles. The SMILES string of the molecule is COc1cc(C)c(COc2ccccc2NC(C)=O)cc1OC. The Labute approximate surface area is 136 Å². The first-order chi connectivity index (χ1) is 11.0. The van der Waals surface area contributed by atoms with E-state index in [1.54, 1.807) is 20.3 Å². The maximum Gasteiger partial charge on any atom is 0.221 e. The van der Waals surface area contributed by atoms with Gasteiger partial charge in [-0.05, 0) is 42.3 Å². The van der Waals surface area contributed by atoms with Gasteiger partial charge in [-0.3, -0.25) is 4.79 Å². The first-order valence-corrected chi connectivity index (χ1v) is 7.26. The molecule has 0 aliphatic heterocycles. The number of hydrogen-bond donors (Lipinski definition) is 1. The van der Waals surface area contributed by atoms with Crippen LogP contribution >= 0.6 is 0 Å². The molecule has 0 heterocycles. The fourth-order valence-corrected chi connectivity index (χ4v) is 2.22. The second kappa shape index (κ2) is 7.54. The summed E-state index contributed by atoms with van der Waals surface area (Å²) in [6.45, 7) is 3.82. The molecule has 2 aromatic rings. The lowest BCUT2D eigenvalue weighted by atomic mass is 10.1. The van der Waals surface area contributed by atoms with Gasteiger partial charge in [-0.15, -0.1) is 0 Å². The van der Waals surface area contributed by atoms with Crippen molar-refractivity contribution in [2.75, 3.05) is 19.5 Å². The van der Waals surface area contributed by atoms with Gasteiger partial charge in [0, 0.05) is 6.92 Å². The molecular formula is C18H21NO4. The van der Waals surface area contributed by atoms with Crippen LogP contribution in [-0.4, -0.2) is 20.1 Å². The number of aryl methyl sites for hydroxylation is 1. The second-order valence-electron chi connectivity index (χ2n) is 5.10. The van der Waals surface area contributed by atoms with Crippen molar-refractivity contribution >= 4 is 11.6 Å². The van der Waals surface area contributed by atoms with E-state index in [4.69, 9.17) is 14.2 Å². The van der Waals surface area contributed by atoms with E-state index in [-0.39, 0.29) is 5.91 Å². The Hall–Kier alpha value is -2.69. The first-order valence-electron chi connectivity index (χ1n) is 7.26. The summed E-state index contributed by atoms with van der Waals surface area (Å²) in [7, 11) is 3.21. The highest BCUT2D eigenvalue weighted by atomic mass is 16.5. The van der Waals surface area contributed by atoms with Crippen molar-refractivity contribution in [3.63, 3.8) is 0 Å². The first kappa shape index (κ1) is 16.7.